The summed E-state index contributed by atoms with van der Waals surface area (Å²) in [6.45, 7) is 0. The van der Waals surface area contributed by atoms with Crippen LogP contribution in [-0.4, -0.2) is 42.5 Å². The zero-order valence-corrected chi connectivity index (χ0v) is 21.6. The first-order valence-electron chi connectivity index (χ1n) is 12.4. The van der Waals surface area contributed by atoms with E-state index in [4.69, 9.17) is 12.8 Å². The van der Waals surface area contributed by atoms with Crippen LogP contribution in [0.1, 0.15) is 96.3 Å². The summed E-state index contributed by atoms with van der Waals surface area (Å²) < 4.78 is 15.2. The summed E-state index contributed by atoms with van der Waals surface area (Å²) in [5, 5.41) is 7.97. The third-order valence-corrected chi connectivity index (χ3v) is 25.4. The summed E-state index contributed by atoms with van der Waals surface area (Å²) in [4.78, 5) is 4.72. The Morgan fingerprint density at radius 2 is 1.33 bits per heavy atom. The molecule has 1 aromatic heterocycles. The quantitative estimate of drug-likeness (QED) is 0.219. The molecule has 0 spiro atoms. The first-order chi connectivity index (χ1) is 14.8. The third kappa shape index (κ3) is 4.96. The number of nitrogens with zero attached hydrogens (tertiary/aromatic N) is 3. The molecule has 1 heterocycles. The molecular weight excluding hydrogens is 481 g/mol. The van der Waals surface area contributed by atoms with Gasteiger partial charge in [0.1, 0.15) is 0 Å². The van der Waals surface area contributed by atoms with Gasteiger partial charge in [0.25, 0.3) is 0 Å². The molecule has 3 aliphatic rings. The van der Waals surface area contributed by atoms with Gasteiger partial charge in [-0.25, -0.2) is 0 Å². The molecule has 0 amide bonds. The number of aromatic nitrogens is 2. The van der Waals surface area contributed by atoms with Gasteiger partial charge in [-0.05, 0) is 0 Å². The van der Waals surface area contributed by atoms with Crippen LogP contribution < -0.4 is 4.74 Å². The summed E-state index contributed by atoms with van der Waals surface area (Å²) in [5.41, 5.74) is 0.726. The van der Waals surface area contributed by atoms with Crippen LogP contribution in [0.15, 0.2) is 17.3 Å². The van der Waals surface area contributed by atoms with E-state index in [0.29, 0.717) is 5.88 Å². The van der Waals surface area contributed by atoms with E-state index in [9.17, 15) is 0 Å². The average molecular weight is 520 g/mol. The maximum absolute atomic E-state index is 7.17. The summed E-state index contributed by atoms with van der Waals surface area (Å²) in [6.07, 6.45) is 24.7. The summed E-state index contributed by atoms with van der Waals surface area (Å²) in [7, 11) is 1.62. The number of hydrogen-bond acceptors (Lipinski definition) is 5. The van der Waals surface area contributed by atoms with E-state index in [2.05, 4.69) is 10.2 Å². The number of rotatable bonds is 7. The van der Waals surface area contributed by atoms with Gasteiger partial charge in [0.15, 0.2) is 0 Å². The summed E-state index contributed by atoms with van der Waals surface area (Å²) in [6, 6.07) is 1.87. The Labute approximate surface area is 186 Å². The third-order valence-electron chi connectivity index (χ3n) is 8.04. The van der Waals surface area contributed by atoms with Crippen LogP contribution in [0.25, 0.3) is 0 Å². The van der Waals surface area contributed by atoms with Crippen molar-refractivity contribution in [1.82, 2.24) is 10.2 Å². The number of hydrogen-bond donors (Lipinski definition) is 0. The van der Waals surface area contributed by atoms with E-state index in [1.807, 2.05) is 12.5 Å². The van der Waals surface area contributed by atoms with Gasteiger partial charge < -0.3 is 0 Å². The van der Waals surface area contributed by atoms with Gasteiger partial charge in [0.05, 0.1) is 0 Å². The molecule has 3 fully saturated rings. The molecule has 166 valence electrons. The predicted octanol–water partition coefficient (Wildman–Crippen LogP) is 7.11. The van der Waals surface area contributed by atoms with E-state index >= 15 is 0 Å². The molecule has 3 aliphatic carbocycles. The number of ether oxygens (including phenoxy) is 1. The van der Waals surface area contributed by atoms with Crippen molar-refractivity contribution < 1.29 is 7.81 Å². The van der Waals surface area contributed by atoms with Crippen molar-refractivity contribution in [2.45, 2.75) is 108 Å². The van der Waals surface area contributed by atoms with Gasteiger partial charge in [-0.3, -0.25) is 0 Å². The Morgan fingerprint density at radius 1 is 0.833 bits per heavy atom. The molecule has 4 rings (SSSR count). The molecule has 3 saturated carbocycles. The van der Waals surface area contributed by atoms with Gasteiger partial charge in [0, 0.05) is 0 Å². The zero-order chi connectivity index (χ0) is 20.7. The molecule has 0 aliphatic heterocycles. The van der Waals surface area contributed by atoms with Gasteiger partial charge in [-0.2, -0.15) is 0 Å². The Balaban J connectivity index is 1.65. The molecule has 0 bridgehead atoms. The molecule has 5 nitrogen and oxygen atoms in total. The zero-order valence-electron chi connectivity index (χ0n) is 18.7. The maximum atomic E-state index is 7.17. The van der Waals surface area contributed by atoms with Crippen LogP contribution in [0, 0.1) is 0 Å². The second-order valence-corrected chi connectivity index (χ2v) is 22.2. The predicted molar refractivity (Wildman–Crippen MR) is 124 cm³/mol. The van der Waals surface area contributed by atoms with Crippen LogP contribution >= 0.6 is 0 Å². The fraction of sp³-hybridized carbons (Fsp3) is 0.792. The number of methoxy groups -OCH3 is 1. The van der Waals surface area contributed by atoms with Crippen LogP contribution in [0.4, 0.5) is 5.69 Å². The molecule has 0 saturated heterocycles. The summed E-state index contributed by atoms with van der Waals surface area (Å²) in [5.74, 6) is 0.478. The van der Waals surface area contributed by atoms with Crippen molar-refractivity contribution in [1.29, 1.82) is 0 Å². The SMILES string of the molecule is COc1nnccc1/N=C/[O][Sn]([CH]1CCCCC1)([CH]1CCCCC1)[CH]1CCCCC1. The van der Waals surface area contributed by atoms with Crippen molar-refractivity contribution in [2.24, 2.45) is 4.99 Å². The molecule has 30 heavy (non-hydrogen) atoms. The fourth-order valence-corrected chi connectivity index (χ4v) is 25.9. The topological polar surface area (TPSA) is 56.6 Å². The second-order valence-electron chi connectivity index (χ2n) is 9.64. The van der Waals surface area contributed by atoms with Crippen LogP contribution in [0.3, 0.4) is 0 Å². The molecule has 0 atom stereocenters. The second kappa shape index (κ2) is 11.1. The minimum atomic E-state index is -3.00. The molecule has 0 N–H and O–H groups in total. The number of aliphatic imine (C=N–C) groups is 1. The van der Waals surface area contributed by atoms with Crippen LogP contribution in [0.2, 0.25) is 11.8 Å². The van der Waals surface area contributed by atoms with Crippen molar-refractivity contribution in [3.63, 3.8) is 0 Å². The van der Waals surface area contributed by atoms with Gasteiger partial charge >= 0.3 is 187 Å². The molecule has 1 aromatic rings. The van der Waals surface area contributed by atoms with Crippen LogP contribution in [-0.2, 0) is 3.07 Å². The normalized spacial score (nSPS) is 23.0. The Bertz CT molecular complexity index is 635. The van der Waals surface area contributed by atoms with Crippen molar-refractivity contribution >= 4 is 30.9 Å². The Morgan fingerprint density at radius 3 is 1.80 bits per heavy atom. The van der Waals surface area contributed by atoms with E-state index in [1.54, 1.807) is 13.3 Å². The Hall–Kier alpha value is -0.851. The Kier molecular flexibility index (Phi) is 8.30. The first kappa shape index (κ1) is 22.3. The minimum absolute atomic E-state index is 0.478. The summed E-state index contributed by atoms with van der Waals surface area (Å²) >= 11 is -3.00. The standard InChI is InChI=1S/C6H7N3O2.3C6H11.Sn/c1-11-6-5(7-4-10)2-3-8-9-6;3*1-2-4-6-5-3-1;/h2-4H,1H3,(H,7,8,10);3*1H,2-6H2;/q;;;;+1/p-1. The van der Waals surface area contributed by atoms with Gasteiger partial charge in [0.2, 0.25) is 0 Å². The van der Waals surface area contributed by atoms with E-state index in [1.165, 1.54) is 96.3 Å². The molecule has 6 heteroatoms. The molecular formula is C24H39N3O2Sn. The average Bonchev–Trinajstić information content (AvgIpc) is 2.84. The molecule has 0 radical (unpaired) electrons. The van der Waals surface area contributed by atoms with Crippen molar-refractivity contribution in [3.05, 3.63) is 12.3 Å². The van der Waals surface area contributed by atoms with Crippen molar-refractivity contribution in [3.8, 4) is 5.88 Å². The van der Waals surface area contributed by atoms with E-state index in [-0.39, 0.29) is 0 Å². The fourth-order valence-electron chi connectivity index (χ4n) is 6.68. The van der Waals surface area contributed by atoms with Crippen molar-refractivity contribution in [2.75, 3.05) is 7.11 Å². The van der Waals surface area contributed by atoms with Crippen LogP contribution in [0.5, 0.6) is 5.88 Å². The van der Waals surface area contributed by atoms with Gasteiger partial charge in [-0.15, -0.1) is 0 Å². The van der Waals surface area contributed by atoms with E-state index in [0.717, 1.165) is 17.5 Å². The first-order valence-corrected chi connectivity index (χ1v) is 18.5. The van der Waals surface area contributed by atoms with Gasteiger partial charge in [-0.1, -0.05) is 0 Å². The molecule has 0 aromatic carbocycles. The monoisotopic (exact) mass is 521 g/mol. The molecule has 0 unspecified atom stereocenters. The van der Waals surface area contributed by atoms with E-state index < -0.39 is 18.8 Å².